The molecule has 3 heteroatoms. The molecule has 2 unspecified atom stereocenters. The number of nitrogens with zero attached hydrogens (tertiary/aromatic N) is 2. The Labute approximate surface area is 111 Å². The van der Waals surface area contributed by atoms with Gasteiger partial charge < -0.3 is 10.2 Å². The first kappa shape index (κ1) is 13.3. The molecule has 3 nitrogen and oxygen atoms in total. The van der Waals surface area contributed by atoms with E-state index in [1.165, 1.54) is 5.56 Å². The molecule has 18 heavy (non-hydrogen) atoms. The van der Waals surface area contributed by atoms with Gasteiger partial charge in [0.15, 0.2) is 0 Å². The Morgan fingerprint density at radius 3 is 2.44 bits per heavy atom. The van der Waals surface area contributed by atoms with E-state index in [0.717, 1.165) is 37.3 Å². The average molecular weight is 247 g/mol. The molecule has 2 atom stereocenters. The zero-order chi connectivity index (χ0) is 13.1. The monoisotopic (exact) mass is 247 g/mol. The summed E-state index contributed by atoms with van der Waals surface area (Å²) in [6.45, 7) is 12.1. The Morgan fingerprint density at radius 2 is 1.94 bits per heavy atom. The lowest BCUT2D eigenvalue weighted by molar-refractivity contribution is 0.494. The van der Waals surface area contributed by atoms with Gasteiger partial charge in [-0.25, -0.2) is 4.98 Å². The van der Waals surface area contributed by atoms with Gasteiger partial charge in [0.2, 0.25) is 0 Å². The van der Waals surface area contributed by atoms with Crippen molar-refractivity contribution in [1.29, 1.82) is 0 Å². The Bertz CT molecular complexity index is 362. The summed E-state index contributed by atoms with van der Waals surface area (Å²) >= 11 is 0. The third-order valence-electron chi connectivity index (χ3n) is 3.84. The Hall–Kier alpha value is -1.09. The molecule has 0 aliphatic carbocycles. The van der Waals surface area contributed by atoms with Crippen molar-refractivity contribution in [2.24, 2.45) is 11.8 Å². The minimum Gasteiger partial charge on any atom is -0.356 e. The zero-order valence-electron chi connectivity index (χ0n) is 12.0. The maximum Gasteiger partial charge on any atom is 0.128 e. The Kier molecular flexibility index (Phi) is 4.23. The van der Waals surface area contributed by atoms with Crippen molar-refractivity contribution in [3.8, 4) is 0 Å². The molecule has 0 saturated carbocycles. The number of anilines is 1. The van der Waals surface area contributed by atoms with E-state index in [9.17, 15) is 0 Å². The first-order valence-corrected chi connectivity index (χ1v) is 6.99. The first-order valence-electron chi connectivity index (χ1n) is 6.99. The second-order valence-electron chi connectivity index (χ2n) is 5.92. The number of hydrogen-bond donors (Lipinski definition) is 1. The SMILES string of the molecule is CC(C)NCc1ccc(N2CC(C)C(C)C2)nc1. The van der Waals surface area contributed by atoms with Gasteiger partial charge in [-0.15, -0.1) is 0 Å². The van der Waals surface area contributed by atoms with Crippen LogP contribution < -0.4 is 10.2 Å². The van der Waals surface area contributed by atoms with Gasteiger partial charge in [0.1, 0.15) is 5.82 Å². The van der Waals surface area contributed by atoms with Crippen molar-refractivity contribution in [2.75, 3.05) is 18.0 Å². The molecule has 1 aliphatic heterocycles. The molecule has 2 heterocycles. The Balaban J connectivity index is 1.95. The highest BCUT2D eigenvalue weighted by atomic mass is 15.2. The standard InChI is InChI=1S/C15H25N3/c1-11(2)16-7-14-5-6-15(17-8-14)18-9-12(3)13(4)10-18/h5-6,8,11-13,16H,7,9-10H2,1-4H3. The molecule has 1 aliphatic rings. The highest BCUT2D eigenvalue weighted by molar-refractivity contribution is 5.40. The molecule has 0 aromatic carbocycles. The average Bonchev–Trinajstić information content (AvgIpc) is 2.68. The van der Waals surface area contributed by atoms with Gasteiger partial charge in [-0.05, 0) is 23.5 Å². The topological polar surface area (TPSA) is 28.2 Å². The maximum atomic E-state index is 4.59. The van der Waals surface area contributed by atoms with Crippen LogP contribution in [0.4, 0.5) is 5.82 Å². The summed E-state index contributed by atoms with van der Waals surface area (Å²) in [6.07, 6.45) is 2.00. The predicted molar refractivity (Wildman–Crippen MR) is 76.8 cm³/mol. The molecule has 100 valence electrons. The van der Waals surface area contributed by atoms with Crippen molar-refractivity contribution in [3.05, 3.63) is 23.9 Å². The largest absolute Gasteiger partial charge is 0.356 e. The third kappa shape index (κ3) is 3.22. The predicted octanol–water partition coefficient (Wildman–Crippen LogP) is 2.67. The summed E-state index contributed by atoms with van der Waals surface area (Å²) in [5, 5.41) is 3.41. The second kappa shape index (κ2) is 5.70. The van der Waals surface area contributed by atoms with Crippen molar-refractivity contribution in [3.63, 3.8) is 0 Å². The van der Waals surface area contributed by atoms with E-state index in [0.29, 0.717) is 6.04 Å². The van der Waals surface area contributed by atoms with Gasteiger partial charge in [0.25, 0.3) is 0 Å². The van der Waals surface area contributed by atoms with Gasteiger partial charge in [0.05, 0.1) is 0 Å². The van der Waals surface area contributed by atoms with E-state index in [2.05, 4.69) is 55.0 Å². The van der Waals surface area contributed by atoms with Crippen LogP contribution in [0.25, 0.3) is 0 Å². The van der Waals surface area contributed by atoms with Crippen LogP contribution in [-0.2, 0) is 6.54 Å². The molecule has 0 bridgehead atoms. The van der Waals surface area contributed by atoms with E-state index in [1.807, 2.05) is 6.20 Å². The maximum absolute atomic E-state index is 4.59. The minimum absolute atomic E-state index is 0.518. The lowest BCUT2D eigenvalue weighted by Gasteiger charge is -2.17. The first-order chi connectivity index (χ1) is 8.56. The van der Waals surface area contributed by atoms with E-state index in [4.69, 9.17) is 0 Å². The molecular weight excluding hydrogens is 222 g/mol. The molecule has 0 radical (unpaired) electrons. The van der Waals surface area contributed by atoms with E-state index in [-0.39, 0.29) is 0 Å². The highest BCUT2D eigenvalue weighted by Crippen LogP contribution is 2.26. The van der Waals surface area contributed by atoms with Gasteiger partial charge in [-0.2, -0.15) is 0 Å². The quantitative estimate of drug-likeness (QED) is 0.886. The molecule has 1 N–H and O–H groups in total. The summed E-state index contributed by atoms with van der Waals surface area (Å²) in [6, 6.07) is 4.86. The summed E-state index contributed by atoms with van der Waals surface area (Å²) < 4.78 is 0. The summed E-state index contributed by atoms with van der Waals surface area (Å²) in [5.74, 6) is 2.67. The summed E-state index contributed by atoms with van der Waals surface area (Å²) in [4.78, 5) is 6.99. The van der Waals surface area contributed by atoms with Crippen LogP contribution in [0.2, 0.25) is 0 Å². The number of aromatic nitrogens is 1. The number of nitrogens with one attached hydrogen (secondary N) is 1. The van der Waals surface area contributed by atoms with Crippen LogP contribution in [0.3, 0.4) is 0 Å². The molecule has 0 spiro atoms. The van der Waals surface area contributed by atoms with Gasteiger partial charge in [0, 0.05) is 31.9 Å². The van der Waals surface area contributed by atoms with E-state index >= 15 is 0 Å². The summed E-state index contributed by atoms with van der Waals surface area (Å²) in [5.41, 5.74) is 1.26. The van der Waals surface area contributed by atoms with Crippen molar-refractivity contribution in [1.82, 2.24) is 10.3 Å². The lowest BCUT2D eigenvalue weighted by atomic mass is 10.0. The fourth-order valence-corrected chi connectivity index (χ4v) is 2.35. The Morgan fingerprint density at radius 1 is 1.28 bits per heavy atom. The molecule has 0 amide bonds. The molecule has 1 aromatic rings. The number of hydrogen-bond acceptors (Lipinski definition) is 3. The van der Waals surface area contributed by atoms with Crippen LogP contribution in [0.5, 0.6) is 0 Å². The van der Waals surface area contributed by atoms with Gasteiger partial charge in [-0.3, -0.25) is 0 Å². The van der Waals surface area contributed by atoms with Crippen LogP contribution in [0, 0.1) is 11.8 Å². The van der Waals surface area contributed by atoms with Crippen LogP contribution >= 0.6 is 0 Å². The zero-order valence-corrected chi connectivity index (χ0v) is 12.0. The van der Waals surface area contributed by atoms with Crippen LogP contribution in [0.1, 0.15) is 33.3 Å². The number of pyridine rings is 1. The van der Waals surface area contributed by atoms with E-state index < -0.39 is 0 Å². The fraction of sp³-hybridized carbons (Fsp3) is 0.667. The molecule has 1 fully saturated rings. The molecular formula is C15H25N3. The number of rotatable bonds is 4. The third-order valence-corrected chi connectivity index (χ3v) is 3.84. The smallest absolute Gasteiger partial charge is 0.128 e. The van der Waals surface area contributed by atoms with Crippen molar-refractivity contribution < 1.29 is 0 Å². The fourth-order valence-electron chi connectivity index (χ4n) is 2.35. The van der Waals surface area contributed by atoms with Crippen molar-refractivity contribution in [2.45, 2.75) is 40.3 Å². The van der Waals surface area contributed by atoms with E-state index in [1.54, 1.807) is 0 Å². The minimum atomic E-state index is 0.518. The highest BCUT2D eigenvalue weighted by Gasteiger charge is 2.26. The summed E-state index contributed by atoms with van der Waals surface area (Å²) in [7, 11) is 0. The molecule has 1 saturated heterocycles. The van der Waals surface area contributed by atoms with Crippen LogP contribution in [0.15, 0.2) is 18.3 Å². The second-order valence-corrected chi connectivity index (χ2v) is 5.92. The van der Waals surface area contributed by atoms with Crippen LogP contribution in [-0.4, -0.2) is 24.1 Å². The van der Waals surface area contributed by atoms with Gasteiger partial charge in [-0.1, -0.05) is 33.8 Å². The lowest BCUT2D eigenvalue weighted by Crippen LogP contribution is -2.23. The molecule has 1 aromatic heterocycles. The molecule has 2 rings (SSSR count). The van der Waals surface area contributed by atoms with Gasteiger partial charge >= 0.3 is 0 Å². The normalized spacial score (nSPS) is 23.9. The van der Waals surface area contributed by atoms with Crippen molar-refractivity contribution >= 4 is 5.82 Å².